The van der Waals surface area contributed by atoms with Crippen molar-refractivity contribution in [3.05, 3.63) is 35.9 Å². The van der Waals surface area contributed by atoms with Crippen molar-refractivity contribution in [1.29, 1.82) is 0 Å². The van der Waals surface area contributed by atoms with E-state index in [2.05, 4.69) is 12.1 Å². The van der Waals surface area contributed by atoms with Crippen molar-refractivity contribution in [3.8, 4) is 0 Å². The van der Waals surface area contributed by atoms with Crippen molar-refractivity contribution in [2.45, 2.75) is 17.2 Å². The maximum Gasteiger partial charge on any atom is 0.121 e. The van der Waals surface area contributed by atoms with Gasteiger partial charge in [-0.15, -0.1) is 23.2 Å². The molecule has 0 bridgehead atoms. The molecule has 0 aliphatic heterocycles. The average molecular weight is 201 g/mol. The van der Waals surface area contributed by atoms with Gasteiger partial charge in [-0.3, -0.25) is 0 Å². The quantitative estimate of drug-likeness (QED) is 0.643. The standard InChI is InChI=1S/C10H10Cl2/c11-10(12)7-9(10)6-8-4-2-1-3-5-8/h1-5,9H,6-7H2. The fourth-order valence-electron chi connectivity index (χ4n) is 1.39. The fourth-order valence-corrected chi connectivity index (χ4v) is 1.92. The second-order valence-corrected chi connectivity index (χ2v) is 4.89. The summed E-state index contributed by atoms with van der Waals surface area (Å²) in [6, 6.07) is 10.3. The highest BCUT2D eigenvalue weighted by Gasteiger charge is 2.50. The molecule has 0 saturated heterocycles. The first-order valence-electron chi connectivity index (χ1n) is 4.10. The maximum atomic E-state index is 5.92. The fraction of sp³-hybridized carbons (Fsp3) is 0.400. The molecule has 1 aromatic rings. The summed E-state index contributed by atoms with van der Waals surface area (Å²) in [4.78, 5) is 0. The van der Waals surface area contributed by atoms with Gasteiger partial charge in [0.15, 0.2) is 0 Å². The summed E-state index contributed by atoms with van der Waals surface area (Å²) in [5, 5.41) is 0. The van der Waals surface area contributed by atoms with Gasteiger partial charge in [-0.2, -0.15) is 0 Å². The second-order valence-electron chi connectivity index (χ2n) is 3.35. The van der Waals surface area contributed by atoms with Crippen LogP contribution in [0.25, 0.3) is 0 Å². The zero-order valence-electron chi connectivity index (χ0n) is 6.63. The first-order valence-corrected chi connectivity index (χ1v) is 4.86. The highest BCUT2D eigenvalue weighted by atomic mass is 35.5. The third kappa shape index (κ3) is 1.75. The Morgan fingerprint density at radius 3 is 2.33 bits per heavy atom. The molecule has 1 saturated carbocycles. The van der Waals surface area contributed by atoms with Gasteiger partial charge in [0.2, 0.25) is 0 Å². The van der Waals surface area contributed by atoms with E-state index in [1.165, 1.54) is 5.56 Å². The van der Waals surface area contributed by atoms with Crippen LogP contribution < -0.4 is 0 Å². The van der Waals surface area contributed by atoms with Gasteiger partial charge in [0.1, 0.15) is 4.33 Å². The maximum absolute atomic E-state index is 5.92. The lowest BCUT2D eigenvalue weighted by atomic mass is 10.1. The summed E-state index contributed by atoms with van der Waals surface area (Å²) < 4.78 is -0.435. The van der Waals surface area contributed by atoms with E-state index in [9.17, 15) is 0 Å². The van der Waals surface area contributed by atoms with Crippen LogP contribution in [0, 0.1) is 5.92 Å². The third-order valence-electron chi connectivity index (χ3n) is 2.28. The summed E-state index contributed by atoms with van der Waals surface area (Å²) in [7, 11) is 0. The lowest BCUT2D eigenvalue weighted by Gasteiger charge is -1.99. The topological polar surface area (TPSA) is 0 Å². The Labute approximate surface area is 82.5 Å². The number of hydrogen-bond donors (Lipinski definition) is 0. The van der Waals surface area contributed by atoms with Gasteiger partial charge in [-0.25, -0.2) is 0 Å². The largest absolute Gasteiger partial charge is 0.121 e. The lowest BCUT2D eigenvalue weighted by Crippen LogP contribution is -1.94. The van der Waals surface area contributed by atoms with Crippen molar-refractivity contribution < 1.29 is 0 Å². The highest BCUT2D eigenvalue weighted by molar-refractivity contribution is 6.50. The Hall–Kier alpha value is -0.200. The molecule has 0 aromatic heterocycles. The number of halogens is 2. The molecule has 0 heterocycles. The Balaban J connectivity index is 1.98. The Morgan fingerprint density at radius 1 is 1.25 bits per heavy atom. The zero-order valence-corrected chi connectivity index (χ0v) is 8.15. The molecule has 1 aliphatic carbocycles. The van der Waals surface area contributed by atoms with E-state index in [1.807, 2.05) is 18.2 Å². The van der Waals surface area contributed by atoms with Crippen LogP contribution in [0.15, 0.2) is 30.3 Å². The van der Waals surface area contributed by atoms with E-state index >= 15 is 0 Å². The molecule has 1 fully saturated rings. The first kappa shape index (κ1) is 8.40. The van der Waals surface area contributed by atoms with E-state index in [-0.39, 0.29) is 0 Å². The van der Waals surface area contributed by atoms with Crippen LogP contribution in [0.1, 0.15) is 12.0 Å². The van der Waals surface area contributed by atoms with Gasteiger partial charge in [0.25, 0.3) is 0 Å². The van der Waals surface area contributed by atoms with Crippen molar-refractivity contribution >= 4 is 23.2 Å². The van der Waals surface area contributed by atoms with Gasteiger partial charge >= 0.3 is 0 Å². The number of benzene rings is 1. The smallest absolute Gasteiger partial charge is 0.101 e. The van der Waals surface area contributed by atoms with Crippen LogP contribution in [0.4, 0.5) is 0 Å². The molecule has 0 spiro atoms. The van der Waals surface area contributed by atoms with Crippen molar-refractivity contribution in [2.24, 2.45) is 5.92 Å². The molecule has 0 N–H and O–H groups in total. The molecule has 12 heavy (non-hydrogen) atoms. The molecule has 1 aromatic carbocycles. The van der Waals surface area contributed by atoms with Crippen molar-refractivity contribution in [1.82, 2.24) is 0 Å². The average Bonchev–Trinajstić information content (AvgIpc) is 2.61. The van der Waals surface area contributed by atoms with Crippen LogP contribution in [-0.2, 0) is 6.42 Å². The summed E-state index contributed by atoms with van der Waals surface area (Å²) in [5.41, 5.74) is 1.32. The Kier molecular flexibility index (Phi) is 2.05. The van der Waals surface area contributed by atoms with Crippen LogP contribution in [-0.4, -0.2) is 4.33 Å². The monoisotopic (exact) mass is 200 g/mol. The molecule has 2 heteroatoms. The molecule has 1 aliphatic rings. The lowest BCUT2D eigenvalue weighted by molar-refractivity contribution is 0.820. The van der Waals surface area contributed by atoms with Crippen LogP contribution in [0.3, 0.4) is 0 Å². The van der Waals surface area contributed by atoms with E-state index in [4.69, 9.17) is 23.2 Å². The van der Waals surface area contributed by atoms with Gasteiger partial charge in [0.05, 0.1) is 0 Å². The van der Waals surface area contributed by atoms with Gasteiger partial charge in [-0.1, -0.05) is 30.3 Å². The number of rotatable bonds is 2. The second kappa shape index (κ2) is 2.93. The van der Waals surface area contributed by atoms with Crippen molar-refractivity contribution in [2.75, 3.05) is 0 Å². The molecule has 64 valence electrons. The van der Waals surface area contributed by atoms with Gasteiger partial charge in [-0.05, 0) is 24.3 Å². The van der Waals surface area contributed by atoms with Crippen LogP contribution in [0.5, 0.6) is 0 Å². The summed E-state index contributed by atoms with van der Waals surface area (Å²) in [6.07, 6.45) is 1.94. The predicted molar refractivity (Wildman–Crippen MR) is 52.7 cm³/mol. The summed E-state index contributed by atoms with van der Waals surface area (Å²) >= 11 is 11.8. The minimum atomic E-state index is -0.435. The first-order chi connectivity index (χ1) is 5.68. The van der Waals surface area contributed by atoms with Gasteiger partial charge in [0, 0.05) is 0 Å². The van der Waals surface area contributed by atoms with E-state index in [0.717, 1.165) is 12.8 Å². The third-order valence-corrected chi connectivity index (χ3v) is 3.21. The molecule has 1 unspecified atom stereocenters. The predicted octanol–water partition coefficient (Wildman–Crippen LogP) is 3.42. The molecule has 2 rings (SSSR count). The molecule has 0 nitrogen and oxygen atoms in total. The minimum absolute atomic E-state index is 0.435. The Bertz CT molecular complexity index is 266. The highest BCUT2D eigenvalue weighted by Crippen LogP contribution is 2.54. The zero-order chi connectivity index (χ0) is 8.60. The SMILES string of the molecule is ClC1(Cl)CC1Cc1ccccc1. The van der Waals surface area contributed by atoms with Gasteiger partial charge < -0.3 is 0 Å². The number of hydrogen-bond acceptors (Lipinski definition) is 0. The minimum Gasteiger partial charge on any atom is -0.101 e. The van der Waals surface area contributed by atoms with Crippen LogP contribution >= 0.6 is 23.2 Å². The molecule has 0 amide bonds. The van der Waals surface area contributed by atoms with Crippen LogP contribution in [0.2, 0.25) is 0 Å². The normalized spacial score (nSPS) is 25.3. The van der Waals surface area contributed by atoms with Crippen molar-refractivity contribution in [3.63, 3.8) is 0 Å². The number of alkyl halides is 2. The molecular formula is C10H10Cl2. The molecule has 0 radical (unpaired) electrons. The summed E-state index contributed by atoms with van der Waals surface area (Å²) in [5.74, 6) is 0.461. The Morgan fingerprint density at radius 2 is 1.83 bits per heavy atom. The van der Waals surface area contributed by atoms with E-state index < -0.39 is 4.33 Å². The molecular weight excluding hydrogens is 191 g/mol. The summed E-state index contributed by atoms with van der Waals surface area (Å²) in [6.45, 7) is 0. The molecule has 1 atom stereocenters. The van der Waals surface area contributed by atoms with E-state index in [1.54, 1.807) is 0 Å². The van der Waals surface area contributed by atoms with E-state index in [0.29, 0.717) is 5.92 Å².